The summed E-state index contributed by atoms with van der Waals surface area (Å²) in [7, 11) is 3.34. The molecule has 2 atom stereocenters. The van der Waals surface area contributed by atoms with Crippen molar-refractivity contribution < 1.29 is 18.7 Å². The Morgan fingerprint density at radius 2 is 1.65 bits per heavy atom. The van der Waals surface area contributed by atoms with Gasteiger partial charge in [-0.15, -0.1) is 0 Å². The average molecular weight is 504 g/mol. The SMILES string of the molecule is COc1ccc(CCNC(=O)[C@@H]2Cc3ccc(OC)cc3N3CCN(Cc4ccc(F)cc4)C[C@H]23)cc1. The number of halogens is 1. The molecule has 2 aliphatic heterocycles. The summed E-state index contributed by atoms with van der Waals surface area (Å²) in [5.41, 5.74) is 4.58. The number of fused-ring (bicyclic) bond motifs is 3. The quantitative estimate of drug-likeness (QED) is 0.503. The second kappa shape index (κ2) is 11.2. The van der Waals surface area contributed by atoms with Gasteiger partial charge >= 0.3 is 0 Å². The first-order valence-electron chi connectivity index (χ1n) is 12.8. The number of carbonyl (C=O) groups is 1. The summed E-state index contributed by atoms with van der Waals surface area (Å²) in [5.74, 6) is 1.36. The molecular weight excluding hydrogens is 469 g/mol. The fourth-order valence-corrected chi connectivity index (χ4v) is 5.51. The van der Waals surface area contributed by atoms with E-state index in [1.165, 1.54) is 17.7 Å². The number of benzene rings is 3. The Morgan fingerprint density at radius 3 is 2.38 bits per heavy atom. The van der Waals surface area contributed by atoms with Gasteiger partial charge in [0.25, 0.3) is 0 Å². The second-order valence-electron chi connectivity index (χ2n) is 9.82. The molecule has 1 amide bonds. The zero-order valence-electron chi connectivity index (χ0n) is 21.5. The van der Waals surface area contributed by atoms with E-state index < -0.39 is 0 Å². The molecule has 1 fully saturated rings. The van der Waals surface area contributed by atoms with Crippen LogP contribution in [0.5, 0.6) is 11.5 Å². The maximum Gasteiger partial charge on any atom is 0.225 e. The predicted octanol–water partition coefficient (Wildman–Crippen LogP) is 4.06. The fraction of sp³-hybridized carbons (Fsp3) is 0.367. The number of ether oxygens (including phenoxy) is 2. The van der Waals surface area contributed by atoms with Crippen molar-refractivity contribution in [2.24, 2.45) is 5.92 Å². The number of rotatable bonds is 8. The van der Waals surface area contributed by atoms with E-state index in [9.17, 15) is 9.18 Å². The summed E-state index contributed by atoms with van der Waals surface area (Å²) >= 11 is 0. The third-order valence-electron chi connectivity index (χ3n) is 7.54. The van der Waals surface area contributed by atoms with E-state index in [1.807, 2.05) is 42.5 Å². The van der Waals surface area contributed by atoms with E-state index in [4.69, 9.17) is 9.47 Å². The molecule has 0 bridgehead atoms. The summed E-state index contributed by atoms with van der Waals surface area (Å²) in [4.78, 5) is 18.3. The summed E-state index contributed by atoms with van der Waals surface area (Å²) < 4.78 is 24.1. The molecule has 0 radical (unpaired) electrons. The monoisotopic (exact) mass is 503 g/mol. The van der Waals surface area contributed by atoms with Gasteiger partial charge in [-0.3, -0.25) is 9.69 Å². The molecule has 0 aromatic heterocycles. The highest BCUT2D eigenvalue weighted by atomic mass is 19.1. The number of hydrogen-bond acceptors (Lipinski definition) is 5. The molecule has 1 saturated heterocycles. The number of nitrogens with one attached hydrogen (secondary N) is 1. The summed E-state index contributed by atoms with van der Waals surface area (Å²) in [6, 6.07) is 20.9. The predicted molar refractivity (Wildman–Crippen MR) is 143 cm³/mol. The van der Waals surface area contributed by atoms with Crippen LogP contribution in [0.4, 0.5) is 10.1 Å². The second-order valence-corrected chi connectivity index (χ2v) is 9.82. The lowest BCUT2D eigenvalue weighted by atomic mass is 9.83. The largest absolute Gasteiger partial charge is 0.497 e. The van der Waals surface area contributed by atoms with Crippen molar-refractivity contribution in [2.45, 2.75) is 25.4 Å². The minimum atomic E-state index is -0.224. The minimum absolute atomic E-state index is 0.0507. The molecule has 7 heteroatoms. The molecule has 3 aromatic carbocycles. The highest BCUT2D eigenvalue weighted by Gasteiger charge is 2.41. The van der Waals surface area contributed by atoms with Crippen LogP contribution in [0.25, 0.3) is 0 Å². The first-order valence-corrected chi connectivity index (χ1v) is 12.8. The molecule has 0 unspecified atom stereocenters. The van der Waals surface area contributed by atoms with Crippen LogP contribution in [-0.4, -0.2) is 57.2 Å². The number of carbonyl (C=O) groups excluding carboxylic acids is 1. The highest BCUT2D eigenvalue weighted by Crippen LogP contribution is 2.38. The summed E-state index contributed by atoms with van der Waals surface area (Å²) in [5, 5.41) is 3.20. The van der Waals surface area contributed by atoms with Crippen molar-refractivity contribution in [3.05, 3.63) is 89.2 Å². The number of methoxy groups -OCH3 is 2. The van der Waals surface area contributed by atoms with Crippen LogP contribution in [0.15, 0.2) is 66.7 Å². The van der Waals surface area contributed by atoms with E-state index >= 15 is 0 Å². The van der Waals surface area contributed by atoms with Crippen LogP contribution < -0.4 is 19.7 Å². The topological polar surface area (TPSA) is 54.0 Å². The molecule has 2 aliphatic rings. The van der Waals surface area contributed by atoms with E-state index in [0.29, 0.717) is 13.0 Å². The van der Waals surface area contributed by atoms with Gasteiger partial charge in [0.2, 0.25) is 5.91 Å². The first-order chi connectivity index (χ1) is 18.0. The molecule has 3 aromatic rings. The Bertz CT molecular complexity index is 1220. The van der Waals surface area contributed by atoms with Crippen LogP contribution in [0.3, 0.4) is 0 Å². The molecule has 6 nitrogen and oxygen atoms in total. The standard InChI is InChI=1S/C30H34FN3O3/c1-36-25-10-5-21(6-11-25)13-14-32-30(35)27-17-23-7-12-26(37-2)18-28(23)34-16-15-33(20-29(27)34)19-22-3-8-24(31)9-4-22/h3-12,18,27,29H,13-17,19-20H2,1-2H3,(H,32,35)/t27-,29-/m1/s1. The Labute approximate surface area is 218 Å². The van der Waals surface area contributed by atoms with E-state index in [-0.39, 0.29) is 23.7 Å². The summed E-state index contributed by atoms with van der Waals surface area (Å²) in [6.45, 7) is 3.78. The molecule has 1 N–H and O–H groups in total. The van der Waals surface area contributed by atoms with Gasteiger partial charge in [-0.1, -0.05) is 30.3 Å². The Kier molecular flexibility index (Phi) is 7.60. The average Bonchev–Trinajstić information content (AvgIpc) is 2.93. The fourth-order valence-electron chi connectivity index (χ4n) is 5.51. The number of nitrogens with zero attached hydrogens (tertiary/aromatic N) is 2. The van der Waals surface area contributed by atoms with Crippen molar-refractivity contribution in [1.82, 2.24) is 10.2 Å². The molecule has 0 saturated carbocycles. The lowest BCUT2D eigenvalue weighted by Crippen LogP contribution is -2.61. The first kappa shape index (κ1) is 25.1. The number of anilines is 1. The maximum atomic E-state index is 13.5. The molecule has 5 rings (SSSR count). The van der Waals surface area contributed by atoms with Crippen molar-refractivity contribution in [3.8, 4) is 11.5 Å². The van der Waals surface area contributed by atoms with Crippen LogP contribution >= 0.6 is 0 Å². The van der Waals surface area contributed by atoms with Crippen LogP contribution in [0.1, 0.15) is 16.7 Å². The zero-order chi connectivity index (χ0) is 25.8. The number of piperazine rings is 1. The maximum absolute atomic E-state index is 13.5. The number of amides is 1. The van der Waals surface area contributed by atoms with Gasteiger partial charge in [-0.2, -0.15) is 0 Å². The lowest BCUT2D eigenvalue weighted by molar-refractivity contribution is -0.126. The summed E-state index contributed by atoms with van der Waals surface area (Å²) in [6.07, 6.45) is 1.46. The minimum Gasteiger partial charge on any atom is -0.497 e. The third kappa shape index (κ3) is 5.72. The van der Waals surface area contributed by atoms with E-state index in [1.54, 1.807) is 14.2 Å². The molecule has 194 valence electrons. The molecule has 0 spiro atoms. The molecule has 37 heavy (non-hydrogen) atoms. The Balaban J connectivity index is 1.30. The van der Waals surface area contributed by atoms with Gasteiger partial charge in [0, 0.05) is 44.5 Å². The highest BCUT2D eigenvalue weighted by molar-refractivity contribution is 5.82. The van der Waals surface area contributed by atoms with Gasteiger partial charge < -0.3 is 19.7 Å². The Morgan fingerprint density at radius 1 is 0.946 bits per heavy atom. The van der Waals surface area contributed by atoms with Gasteiger partial charge in [-0.05, 0) is 59.9 Å². The van der Waals surface area contributed by atoms with Crippen molar-refractivity contribution >= 4 is 11.6 Å². The van der Waals surface area contributed by atoms with Crippen LogP contribution in [-0.2, 0) is 24.2 Å². The molecule has 0 aliphatic carbocycles. The normalized spacial score (nSPS) is 19.1. The third-order valence-corrected chi connectivity index (χ3v) is 7.54. The van der Waals surface area contributed by atoms with E-state index in [2.05, 4.69) is 27.2 Å². The Hall–Kier alpha value is -3.58. The van der Waals surface area contributed by atoms with Crippen molar-refractivity contribution in [3.63, 3.8) is 0 Å². The molecular formula is C30H34FN3O3. The van der Waals surface area contributed by atoms with Crippen molar-refractivity contribution in [1.29, 1.82) is 0 Å². The number of hydrogen-bond donors (Lipinski definition) is 1. The van der Waals surface area contributed by atoms with E-state index in [0.717, 1.165) is 60.9 Å². The van der Waals surface area contributed by atoms with Gasteiger partial charge in [0.05, 0.1) is 26.2 Å². The van der Waals surface area contributed by atoms with Crippen LogP contribution in [0, 0.1) is 11.7 Å². The van der Waals surface area contributed by atoms with Crippen molar-refractivity contribution in [2.75, 3.05) is 45.3 Å². The smallest absolute Gasteiger partial charge is 0.225 e. The zero-order valence-corrected chi connectivity index (χ0v) is 21.5. The van der Waals surface area contributed by atoms with Gasteiger partial charge in [0.1, 0.15) is 17.3 Å². The molecule has 2 heterocycles. The van der Waals surface area contributed by atoms with Crippen LogP contribution in [0.2, 0.25) is 0 Å². The van der Waals surface area contributed by atoms with Gasteiger partial charge in [0.15, 0.2) is 0 Å². The lowest BCUT2D eigenvalue weighted by Gasteiger charge is -2.49. The van der Waals surface area contributed by atoms with Gasteiger partial charge in [-0.25, -0.2) is 4.39 Å².